The van der Waals surface area contributed by atoms with E-state index < -0.39 is 0 Å². The zero-order chi connectivity index (χ0) is 18.6. The predicted molar refractivity (Wildman–Crippen MR) is 101 cm³/mol. The molecule has 0 bridgehead atoms. The molecule has 5 heteroatoms. The van der Waals surface area contributed by atoms with E-state index in [0.29, 0.717) is 25.3 Å². The summed E-state index contributed by atoms with van der Waals surface area (Å²) in [6.45, 7) is 1.34. The van der Waals surface area contributed by atoms with Gasteiger partial charge in [0.1, 0.15) is 18.2 Å². The van der Waals surface area contributed by atoms with Gasteiger partial charge in [0.2, 0.25) is 5.91 Å². The monoisotopic (exact) mass is 362 g/mol. The van der Waals surface area contributed by atoms with Crippen LogP contribution in [0.3, 0.4) is 0 Å². The van der Waals surface area contributed by atoms with Crippen molar-refractivity contribution in [1.29, 1.82) is 0 Å². The van der Waals surface area contributed by atoms with Crippen LogP contribution in [0.2, 0.25) is 0 Å². The Labute approximate surface area is 157 Å². The number of ether oxygens (including phenoxy) is 1. The first-order valence-corrected chi connectivity index (χ1v) is 8.88. The summed E-state index contributed by atoms with van der Waals surface area (Å²) in [6, 6.07) is 16.2. The maximum Gasteiger partial charge on any atom is 0.227 e. The number of aromatic nitrogens is 1. The SMILES string of the molecule is O=C(Cc1ccccc1F)N1CCOc2ccc(-c3cccnc3)cc2C1. The molecule has 2 heterocycles. The predicted octanol–water partition coefficient (Wildman–Crippen LogP) is 3.85. The van der Waals surface area contributed by atoms with Crippen molar-refractivity contribution in [2.75, 3.05) is 13.2 Å². The van der Waals surface area contributed by atoms with E-state index in [4.69, 9.17) is 4.74 Å². The first-order chi connectivity index (χ1) is 13.2. The lowest BCUT2D eigenvalue weighted by Gasteiger charge is -2.20. The molecule has 3 aromatic rings. The van der Waals surface area contributed by atoms with Crippen molar-refractivity contribution < 1.29 is 13.9 Å². The Morgan fingerprint density at radius 2 is 2.00 bits per heavy atom. The minimum absolute atomic E-state index is 0.0459. The minimum Gasteiger partial charge on any atom is -0.491 e. The number of amides is 1. The second-order valence-corrected chi connectivity index (χ2v) is 6.50. The molecule has 0 radical (unpaired) electrons. The smallest absolute Gasteiger partial charge is 0.227 e. The third kappa shape index (κ3) is 3.82. The third-order valence-electron chi connectivity index (χ3n) is 4.69. The number of pyridine rings is 1. The van der Waals surface area contributed by atoms with Crippen LogP contribution in [-0.2, 0) is 17.8 Å². The lowest BCUT2D eigenvalue weighted by atomic mass is 10.0. The summed E-state index contributed by atoms with van der Waals surface area (Å²) in [4.78, 5) is 18.6. The fourth-order valence-corrected chi connectivity index (χ4v) is 3.24. The maximum atomic E-state index is 13.9. The van der Waals surface area contributed by atoms with E-state index in [1.165, 1.54) is 6.07 Å². The van der Waals surface area contributed by atoms with E-state index >= 15 is 0 Å². The molecule has 27 heavy (non-hydrogen) atoms. The first kappa shape index (κ1) is 17.2. The molecule has 1 aromatic heterocycles. The molecule has 1 aliphatic heterocycles. The molecule has 0 aliphatic carbocycles. The number of nitrogens with zero attached hydrogens (tertiary/aromatic N) is 2. The summed E-state index contributed by atoms with van der Waals surface area (Å²) in [6.07, 6.45) is 3.59. The summed E-state index contributed by atoms with van der Waals surface area (Å²) < 4.78 is 19.7. The molecule has 0 spiro atoms. The number of fused-ring (bicyclic) bond motifs is 1. The van der Waals surface area contributed by atoms with Crippen LogP contribution in [0.15, 0.2) is 67.0 Å². The van der Waals surface area contributed by atoms with Crippen molar-refractivity contribution >= 4 is 5.91 Å². The largest absolute Gasteiger partial charge is 0.491 e. The Morgan fingerprint density at radius 1 is 1.11 bits per heavy atom. The summed E-state index contributed by atoms with van der Waals surface area (Å²) in [7, 11) is 0. The Hall–Kier alpha value is -3.21. The summed E-state index contributed by atoms with van der Waals surface area (Å²) in [5, 5.41) is 0. The standard InChI is InChI=1S/C22H19FN2O2/c23-20-6-2-1-4-17(20)13-22(26)25-10-11-27-21-8-7-16(12-19(21)15-25)18-5-3-9-24-14-18/h1-9,12,14H,10-11,13,15H2. The van der Waals surface area contributed by atoms with Crippen LogP contribution in [0.1, 0.15) is 11.1 Å². The third-order valence-corrected chi connectivity index (χ3v) is 4.69. The highest BCUT2D eigenvalue weighted by Gasteiger charge is 2.21. The highest BCUT2D eigenvalue weighted by Crippen LogP contribution is 2.29. The molecular formula is C22H19FN2O2. The number of hydrogen-bond acceptors (Lipinski definition) is 3. The molecule has 0 unspecified atom stereocenters. The van der Waals surface area contributed by atoms with Gasteiger partial charge in [0.15, 0.2) is 0 Å². The van der Waals surface area contributed by atoms with Crippen molar-refractivity contribution in [2.45, 2.75) is 13.0 Å². The van der Waals surface area contributed by atoms with Crippen molar-refractivity contribution in [3.63, 3.8) is 0 Å². The molecule has 4 nitrogen and oxygen atoms in total. The summed E-state index contributed by atoms with van der Waals surface area (Å²) >= 11 is 0. The van der Waals surface area contributed by atoms with Gasteiger partial charge in [0.25, 0.3) is 0 Å². The van der Waals surface area contributed by atoms with Crippen LogP contribution in [0.4, 0.5) is 4.39 Å². The molecule has 0 fully saturated rings. The molecule has 1 amide bonds. The number of rotatable bonds is 3. The minimum atomic E-state index is -0.351. The summed E-state index contributed by atoms with van der Waals surface area (Å²) in [5.41, 5.74) is 3.38. The van der Waals surface area contributed by atoms with Gasteiger partial charge in [-0.2, -0.15) is 0 Å². The van der Waals surface area contributed by atoms with Crippen molar-refractivity contribution in [2.24, 2.45) is 0 Å². The summed E-state index contributed by atoms with van der Waals surface area (Å²) in [5.74, 6) is 0.323. The number of carbonyl (C=O) groups is 1. The van der Waals surface area contributed by atoms with Crippen molar-refractivity contribution in [3.8, 4) is 16.9 Å². The molecule has 0 N–H and O–H groups in total. The van der Waals surface area contributed by atoms with Crippen molar-refractivity contribution in [3.05, 3.63) is 83.9 Å². The van der Waals surface area contributed by atoms with Gasteiger partial charge in [-0.25, -0.2) is 4.39 Å². The van der Waals surface area contributed by atoms with Gasteiger partial charge in [0, 0.05) is 30.1 Å². The molecule has 2 aromatic carbocycles. The van der Waals surface area contributed by atoms with Gasteiger partial charge in [-0.15, -0.1) is 0 Å². The number of carbonyl (C=O) groups excluding carboxylic acids is 1. The van der Waals surface area contributed by atoms with E-state index in [1.807, 2.05) is 30.3 Å². The Morgan fingerprint density at radius 3 is 2.81 bits per heavy atom. The van der Waals surface area contributed by atoms with E-state index in [-0.39, 0.29) is 18.1 Å². The van der Waals surface area contributed by atoms with Gasteiger partial charge >= 0.3 is 0 Å². The van der Waals surface area contributed by atoms with E-state index in [9.17, 15) is 9.18 Å². The maximum absolute atomic E-state index is 13.9. The van der Waals surface area contributed by atoms with Crippen LogP contribution < -0.4 is 4.74 Å². The molecule has 0 atom stereocenters. The van der Waals surface area contributed by atoms with Gasteiger partial charge in [0.05, 0.1) is 13.0 Å². The second-order valence-electron chi connectivity index (χ2n) is 6.50. The highest BCUT2D eigenvalue weighted by atomic mass is 19.1. The lowest BCUT2D eigenvalue weighted by molar-refractivity contribution is -0.131. The average Bonchev–Trinajstić information content (AvgIpc) is 2.92. The van der Waals surface area contributed by atoms with E-state index in [0.717, 1.165) is 22.4 Å². The molecule has 1 aliphatic rings. The lowest BCUT2D eigenvalue weighted by Crippen LogP contribution is -2.33. The zero-order valence-corrected chi connectivity index (χ0v) is 14.8. The van der Waals surface area contributed by atoms with Crippen LogP contribution in [-0.4, -0.2) is 28.9 Å². The Kier molecular flexibility index (Phi) is 4.83. The van der Waals surface area contributed by atoms with Crippen LogP contribution in [0.5, 0.6) is 5.75 Å². The van der Waals surface area contributed by atoms with Crippen LogP contribution in [0, 0.1) is 5.82 Å². The van der Waals surface area contributed by atoms with Gasteiger partial charge in [-0.3, -0.25) is 9.78 Å². The van der Waals surface area contributed by atoms with Crippen LogP contribution in [0.25, 0.3) is 11.1 Å². The highest BCUT2D eigenvalue weighted by molar-refractivity contribution is 5.79. The molecule has 136 valence electrons. The van der Waals surface area contributed by atoms with Crippen molar-refractivity contribution in [1.82, 2.24) is 9.88 Å². The quantitative estimate of drug-likeness (QED) is 0.711. The topological polar surface area (TPSA) is 42.4 Å². The fraction of sp³-hybridized carbons (Fsp3) is 0.182. The van der Waals surface area contributed by atoms with Crippen LogP contribution >= 0.6 is 0 Å². The Balaban J connectivity index is 1.57. The molecular weight excluding hydrogens is 343 g/mol. The first-order valence-electron chi connectivity index (χ1n) is 8.88. The molecule has 0 saturated carbocycles. The number of hydrogen-bond donors (Lipinski definition) is 0. The number of halogens is 1. The normalized spacial score (nSPS) is 13.4. The molecule has 4 rings (SSSR count). The number of benzene rings is 2. The van der Waals surface area contributed by atoms with E-state index in [2.05, 4.69) is 4.98 Å². The van der Waals surface area contributed by atoms with E-state index in [1.54, 1.807) is 35.5 Å². The molecule has 0 saturated heterocycles. The van der Waals surface area contributed by atoms with Gasteiger partial charge in [-0.1, -0.05) is 30.3 Å². The zero-order valence-electron chi connectivity index (χ0n) is 14.8. The Bertz CT molecular complexity index is 960. The van der Waals surface area contributed by atoms with Gasteiger partial charge < -0.3 is 9.64 Å². The second kappa shape index (κ2) is 7.58. The van der Waals surface area contributed by atoms with Gasteiger partial charge in [-0.05, 0) is 35.4 Å². The average molecular weight is 362 g/mol. The fourth-order valence-electron chi connectivity index (χ4n) is 3.24.